The second kappa shape index (κ2) is 9.51. The van der Waals surface area contributed by atoms with E-state index in [0.717, 1.165) is 12.1 Å². The molecule has 1 unspecified atom stereocenters. The highest BCUT2D eigenvalue weighted by Gasteiger charge is 2.34. The third kappa shape index (κ3) is 5.43. The Bertz CT molecular complexity index is 937. The van der Waals surface area contributed by atoms with Crippen LogP contribution in [-0.4, -0.2) is 54.7 Å². The number of ether oxygens (including phenoxy) is 1. The van der Waals surface area contributed by atoms with Gasteiger partial charge in [0.1, 0.15) is 11.1 Å². The van der Waals surface area contributed by atoms with Crippen molar-refractivity contribution in [2.45, 2.75) is 11.6 Å². The number of methoxy groups -OCH3 is 1. The summed E-state index contributed by atoms with van der Waals surface area (Å²) in [6, 6.07) is 11.5. The average molecular weight is 453 g/mol. The molecule has 0 saturated carbocycles. The van der Waals surface area contributed by atoms with Crippen LogP contribution in [0.1, 0.15) is 16.5 Å². The Labute approximate surface area is 182 Å². The van der Waals surface area contributed by atoms with Crippen molar-refractivity contribution in [2.75, 3.05) is 38.3 Å². The number of thioether (sulfide) groups is 1. The molecule has 166 valence electrons. The smallest absolute Gasteiger partial charge is 0.416 e. The van der Waals surface area contributed by atoms with Crippen molar-refractivity contribution in [2.24, 2.45) is 0 Å². The summed E-state index contributed by atoms with van der Waals surface area (Å²) in [5, 5.41) is 2.37. The van der Waals surface area contributed by atoms with E-state index >= 15 is 0 Å². The normalized spacial score (nSPS) is 16.4. The Morgan fingerprint density at radius 3 is 2.55 bits per heavy atom. The molecule has 1 atom stereocenters. The number of alkyl halides is 3. The fourth-order valence-corrected chi connectivity index (χ4v) is 4.35. The molecule has 1 aliphatic heterocycles. The molecule has 31 heavy (non-hydrogen) atoms. The average Bonchev–Trinajstić information content (AvgIpc) is 3.12. The van der Waals surface area contributed by atoms with Crippen LogP contribution < -0.4 is 10.1 Å². The van der Waals surface area contributed by atoms with Crippen LogP contribution in [0.2, 0.25) is 0 Å². The van der Waals surface area contributed by atoms with E-state index in [1.165, 1.54) is 35.9 Å². The third-order valence-electron chi connectivity index (χ3n) is 4.86. The standard InChI is InChI=1S/C21H22F3N3O3S/c1-26(20(29)25-16-5-3-4-6-17(16)30-2)11-12-27-18(28)13-31-19(27)14-7-9-15(10-8-14)21(22,23)24/h3-10,19H,11-13H2,1-2H3,(H,25,29). The number of halogens is 3. The Morgan fingerprint density at radius 1 is 1.23 bits per heavy atom. The highest BCUT2D eigenvalue weighted by atomic mass is 32.2. The van der Waals surface area contributed by atoms with Crippen LogP contribution in [0.5, 0.6) is 5.75 Å². The van der Waals surface area contributed by atoms with Gasteiger partial charge < -0.3 is 19.9 Å². The molecule has 0 spiro atoms. The van der Waals surface area contributed by atoms with E-state index in [4.69, 9.17) is 4.74 Å². The van der Waals surface area contributed by atoms with E-state index in [2.05, 4.69) is 5.32 Å². The number of amides is 3. The number of para-hydroxylation sites is 2. The van der Waals surface area contributed by atoms with E-state index < -0.39 is 11.7 Å². The lowest BCUT2D eigenvalue weighted by atomic mass is 10.1. The first kappa shape index (κ1) is 22.8. The zero-order chi connectivity index (χ0) is 22.6. The summed E-state index contributed by atoms with van der Waals surface area (Å²) in [5.41, 5.74) is 0.409. The van der Waals surface area contributed by atoms with E-state index in [1.54, 1.807) is 36.2 Å². The Kier molecular flexibility index (Phi) is 6.99. The minimum absolute atomic E-state index is 0.117. The molecule has 0 radical (unpaired) electrons. The number of likely N-dealkylation sites (N-methyl/N-ethyl adjacent to an activating group) is 1. The van der Waals surface area contributed by atoms with Crippen LogP contribution >= 0.6 is 11.8 Å². The maximum Gasteiger partial charge on any atom is 0.416 e. The van der Waals surface area contributed by atoms with Crippen LogP contribution in [0.3, 0.4) is 0 Å². The number of hydrogen-bond acceptors (Lipinski definition) is 4. The van der Waals surface area contributed by atoms with Gasteiger partial charge in [0.05, 0.1) is 24.1 Å². The van der Waals surface area contributed by atoms with Crippen molar-refractivity contribution in [3.05, 3.63) is 59.7 Å². The van der Waals surface area contributed by atoms with Crippen molar-refractivity contribution >= 4 is 29.4 Å². The first-order valence-electron chi connectivity index (χ1n) is 9.44. The van der Waals surface area contributed by atoms with Gasteiger partial charge in [-0.15, -0.1) is 11.8 Å². The van der Waals surface area contributed by atoms with Gasteiger partial charge in [0.25, 0.3) is 0 Å². The van der Waals surface area contributed by atoms with Crippen LogP contribution in [0, 0.1) is 0 Å². The molecule has 3 rings (SSSR count). The SMILES string of the molecule is COc1ccccc1NC(=O)N(C)CCN1C(=O)CSC1c1ccc(C(F)(F)F)cc1. The Balaban J connectivity index is 1.62. The number of carbonyl (C=O) groups excluding carboxylic acids is 2. The van der Waals surface area contributed by atoms with Gasteiger partial charge in [-0.3, -0.25) is 4.79 Å². The van der Waals surface area contributed by atoms with Crippen molar-refractivity contribution in [1.82, 2.24) is 9.80 Å². The minimum atomic E-state index is -4.41. The topological polar surface area (TPSA) is 61.9 Å². The van der Waals surface area contributed by atoms with Gasteiger partial charge in [-0.2, -0.15) is 13.2 Å². The molecule has 1 saturated heterocycles. The van der Waals surface area contributed by atoms with Crippen molar-refractivity contribution in [1.29, 1.82) is 0 Å². The van der Waals surface area contributed by atoms with Gasteiger partial charge in [-0.25, -0.2) is 4.79 Å². The first-order chi connectivity index (χ1) is 14.7. The Morgan fingerprint density at radius 2 is 1.90 bits per heavy atom. The lowest BCUT2D eigenvalue weighted by molar-refractivity contribution is -0.137. The van der Waals surface area contributed by atoms with Crippen LogP contribution in [0.15, 0.2) is 48.5 Å². The third-order valence-corrected chi connectivity index (χ3v) is 6.12. The van der Waals surface area contributed by atoms with Gasteiger partial charge in [0, 0.05) is 20.1 Å². The number of rotatable bonds is 6. The second-order valence-corrected chi connectivity index (χ2v) is 7.99. The zero-order valence-electron chi connectivity index (χ0n) is 17.0. The number of nitrogens with one attached hydrogen (secondary N) is 1. The quantitative estimate of drug-likeness (QED) is 0.702. The summed E-state index contributed by atoms with van der Waals surface area (Å²) in [5.74, 6) is 0.647. The van der Waals surface area contributed by atoms with Crippen molar-refractivity contribution < 1.29 is 27.5 Å². The van der Waals surface area contributed by atoms with Crippen molar-refractivity contribution in [3.63, 3.8) is 0 Å². The molecule has 0 bridgehead atoms. The predicted octanol–water partition coefficient (Wildman–Crippen LogP) is 4.45. The van der Waals surface area contributed by atoms with Gasteiger partial charge in [0.2, 0.25) is 5.91 Å². The zero-order valence-corrected chi connectivity index (χ0v) is 17.8. The minimum Gasteiger partial charge on any atom is -0.495 e. The lowest BCUT2D eigenvalue weighted by Gasteiger charge is -2.27. The number of carbonyl (C=O) groups is 2. The van der Waals surface area contributed by atoms with Crippen LogP contribution in [0.4, 0.5) is 23.7 Å². The number of hydrogen-bond donors (Lipinski definition) is 1. The van der Waals surface area contributed by atoms with E-state index in [-0.39, 0.29) is 36.2 Å². The van der Waals surface area contributed by atoms with E-state index in [1.807, 2.05) is 0 Å². The lowest BCUT2D eigenvalue weighted by Crippen LogP contribution is -2.39. The number of anilines is 1. The summed E-state index contributed by atoms with van der Waals surface area (Å²) in [6.07, 6.45) is -4.41. The summed E-state index contributed by atoms with van der Waals surface area (Å²) < 4.78 is 43.6. The predicted molar refractivity (Wildman–Crippen MR) is 113 cm³/mol. The maximum absolute atomic E-state index is 12.8. The molecule has 2 aromatic rings. The Hall–Kier alpha value is -2.88. The number of nitrogens with zero attached hydrogens (tertiary/aromatic N) is 2. The summed E-state index contributed by atoms with van der Waals surface area (Å²) >= 11 is 1.35. The molecule has 1 N–H and O–H groups in total. The second-order valence-electron chi connectivity index (χ2n) is 6.92. The highest BCUT2D eigenvalue weighted by Crippen LogP contribution is 2.39. The molecule has 2 aromatic carbocycles. The molecular weight excluding hydrogens is 431 g/mol. The molecule has 0 aliphatic carbocycles. The molecule has 1 heterocycles. The fourth-order valence-electron chi connectivity index (χ4n) is 3.13. The highest BCUT2D eigenvalue weighted by molar-refractivity contribution is 8.00. The van der Waals surface area contributed by atoms with Gasteiger partial charge in [0.15, 0.2) is 0 Å². The van der Waals surface area contributed by atoms with Crippen LogP contribution in [-0.2, 0) is 11.0 Å². The monoisotopic (exact) mass is 453 g/mol. The van der Waals surface area contributed by atoms with E-state index in [0.29, 0.717) is 17.0 Å². The largest absolute Gasteiger partial charge is 0.495 e. The summed E-state index contributed by atoms with van der Waals surface area (Å²) in [6.45, 7) is 0.512. The molecule has 10 heteroatoms. The molecule has 6 nitrogen and oxygen atoms in total. The van der Waals surface area contributed by atoms with E-state index in [9.17, 15) is 22.8 Å². The molecule has 3 amide bonds. The molecule has 1 fully saturated rings. The van der Waals surface area contributed by atoms with Gasteiger partial charge in [-0.1, -0.05) is 24.3 Å². The molecule has 1 aliphatic rings. The van der Waals surface area contributed by atoms with Crippen LogP contribution in [0.25, 0.3) is 0 Å². The summed E-state index contributed by atoms with van der Waals surface area (Å²) in [7, 11) is 3.11. The van der Waals surface area contributed by atoms with Gasteiger partial charge in [-0.05, 0) is 29.8 Å². The number of urea groups is 1. The molecule has 0 aromatic heterocycles. The first-order valence-corrected chi connectivity index (χ1v) is 10.5. The summed E-state index contributed by atoms with van der Waals surface area (Å²) in [4.78, 5) is 27.8. The van der Waals surface area contributed by atoms with Crippen molar-refractivity contribution in [3.8, 4) is 5.75 Å². The molecular formula is C21H22F3N3O3S. The fraction of sp³-hybridized carbons (Fsp3) is 0.333. The number of benzene rings is 2. The maximum atomic E-state index is 12.8. The van der Waals surface area contributed by atoms with Gasteiger partial charge >= 0.3 is 12.2 Å².